The number of aliphatic imine (C=N–C) groups is 1. The number of nitrogens with two attached hydrogens (primary N) is 1. The van der Waals surface area contributed by atoms with Crippen molar-refractivity contribution in [3.63, 3.8) is 0 Å². The molecule has 0 unspecified atom stereocenters. The Balaban J connectivity index is 0.00000220. The van der Waals surface area contributed by atoms with Gasteiger partial charge in [0.1, 0.15) is 12.4 Å². The zero-order valence-corrected chi connectivity index (χ0v) is 15.2. The highest BCUT2D eigenvalue weighted by Gasteiger charge is 2.16. The third kappa shape index (κ3) is 5.73. The predicted octanol–water partition coefficient (Wildman–Crippen LogP) is 3.00. The zero-order valence-electron chi connectivity index (χ0n) is 12.9. The first kappa shape index (κ1) is 18.1. The third-order valence-corrected chi connectivity index (χ3v) is 3.81. The van der Waals surface area contributed by atoms with E-state index in [0.29, 0.717) is 19.1 Å². The van der Waals surface area contributed by atoms with Crippen molar-refractivity contribution in [2.75, 3.05) is 19.7 Å². The fourth-order valence-corrected chi connectivity index (χ4v) is 2.32. The molecule has 2 rings (SSSR count). The number of nitrogens with one attached hydrogen (secondary N) is 1. The van der Waals surface area contributed by atoms with Crippen molar-refractivity contribution in [3.8, 4) is 5.75 Å². The van der Waals surface area contributed by atoms with Crippen LogP contribution >= 0.6 is 24.0 Å². The summed E-state index contributed by atoms with van der Waals surface area (Å²) in [6.07, 6.45) is 3.94. The van der Waals surface area contributed by atoms with Gasteiger partial charge in [0, 0.05) is 6.54 Å². The van der Waals surface area contributed by atoms with Gasteiger partial charge in [-0.25, -0.2) is 0 Å². The molecule has 21 heavy (non-hydrogen) atoms. The van der Waals surface area contributed by atoms with E-state index in [9.17, 15) is 0 Å². The lowest BCUT2D eigenvalue weighted by Gasteiger charge is -2.23. The lowest BCUT2D eigenvalue weighted by Crippen LogP contribution is -2.35. The Morgan fingerprint density at radius 3 is 2.57 bits per heavy atom. The van der Waals surface area contributed by atoms with Gasteiger partial charge in [-0.05, 0) is 43.7 Å². The fraction of sp³-hybridized carbons (Fsp3) is 0.562. The minimum atomic E-state index is 0. The van der Waals surface area contributed by atoms with E-state index in [4.69, 9.17) is 10.5 Å². The van der Waals surface area contributed by atoms with Crippen molar-refractivity contribution in [3.05, 3.63) is 29.3 Å². The number of aryl methyl sites for hydroxylation is 2. The molecular weight excluding hydrogens is 377 g/mol. The van der Waals surface area contributed by atoms with Crippen molar-refractivity contribution in [1.82, 2.24) is 5.32 Å². The Kier molecular flexibility index (Phi) is 7.85. The molecule has 118 valence electrons. The number of nitrogens with zero attached hydrogens (tertiary/aromatic N) is 1. The second-order valence-corrected chi connectivity index (χ2v) is 5.52. The molecule has 3 N–H and O–H groups in total. The van der Waals surface area contributed by atoms with Gasteiger partial charge >= 0.3 is 0 Å². The smallest absolute Gasteiger partial charge is 0.188 e. The molecule has 5 heteroatoms. The van der Waals surface area contributed by atoms with Gasteiger partial charge < -0.3 is 15.8 Å². The molecule has 0 bridgehead atoms. The van der Waals surface area contributed by atoms with Crippen LogP contribution in [-0.2, 0) is 0 Å². The average molecular weight is 403 g/mol. The number of guanidine groups is 1. The van der Waals surface area contributed by atoms with Crippen LogP contribution in [0.15, 0.2) is 23.2 Å². The van der Waals surface area contributed by atoms with Crippen LogP contribution in [0.3, 0.4) is 0 Å². The maximum Gasteiger partial charge on any atom is 0.188 e. The fourth-order valence-electron chi connectivity index (χ4n) is 2.32. The molecular formula is C16H26IN3O. The lowest BCUT2D eigenvalue weighted by atomic mass is 9.86. The number of ether oxygens (including phenoxy) is 1. The highest BCUT2D eigenvalue weighted by Crippen LogP contribution is 2.26. The van der Waals surface area contributed by atoms with Crippen LogP contribution in [0, 0.1) is 19.8 Å². The lowest BCUT2D eigenvalue weighted by molar-refractivity contribution is 0.316. The molecule has 0 saturated heterocycles. The predicted molar refractivity (Wildman–Crippen MR) is 98.7 cm³/mol. The SMILES string of the molecule is Cc1cccc(C)c1OCCNC(N)=NCC1CCC1.I. The summed E-state index contributed by atoms with van der Waals surface area (Å²) >= 11 is 0. The number of hydrogen-bond donors (Lipinski definition) is 2. The normalized spacial score (nSPS) is 15.0. The van der Waals surface area contributed by atoms with Gasteiger partial charge in [0.05, 0.1) is 6.54 Å². The van der Waals surface area contributed by atoms with Crippen molar-refractivity contribution < 1.29 is 4.74 Å². The van der Waals surface area contributed by atoms with Crippen molar-refractivity contribution in [1.29, 1.82) is 0 Å². The summed E-state index contributed by atoms with van der Waals surface area (Å²) in [4.78, 5) is 4.35. The molecule has 0 aliphatic heterocycles. The van der Waals surface area contributed by atoms with Crippen LogP contribution in [0.4, 0.5) is 0 Å². The number of para-hydroxylation sites is 1. The Morgan fingerprint density at radius 2 is 2.00 bits per heavy atom. The van der Waals surface area contributed by atoms with Gasteiger partial charge in [-0.3, -0.25) is 4.99 Å². The minimum Gasteiger partial charge on any atom is -0.491 e. The highest BCUT2D eigenvalue weighted by atomic mass is 127. The standard InChI is InChI=1S/C16H25N3O.HI/c1-12-5-3-6-13(2)15(12)20-10-9-18-16(17)19-11-14-7-4-8-14;/h3,5-6,14H,4,7-11H2,1-2H3,(H3,17,18,19);1H. The van der Waals surface area contributed by atoms with Crippen molar-refractivity contribution in [2.45, 2.75) is 33.1 Å². The van der Waals surface area contributed by atoms with E-state index in [1.165, 1.54) is 19.3 Å². The summed E-state index contributed by atoms with van der Waals surface area (Å²) in [5, 5.41) is 3.10. The average Bonchev–Trinajstić information content (AvgIpc) is 2.35. The van der Waals surface area contributed by atoms with E-state index < -0.39 is 0 Å². The molecule has 1 aromatic carbocycles. The quantitative estimate of drug-likeness (QED) is 0.332. The maximum absolute atomic E-state index is 5.82. The van der Waals surface area contributed by atoms with E-state index in [1.807, 2.05) is 6.07 Å². The minimum absolute atomic E-state index is 0. The van der Waals surface area contributed by atoms with Crippen LogP contribution in [0.1, 0.15) is 30.4 Å². The molecule has 0 amide bonds. The summed E-state index contributed by atoms with van der Waals surface area (Å²) in [6.45, 7) is 6.24. The molecule has 4 nitrogen and oxygen atoms in total. The summed E-state index contributed by atoms with van der Waals surface area (Å²) in [6, 6.07) is 6.16. The largest absolute Gasteiger partial charge is 0.491 e. The number of rotatable bonds is 6. The molecule has 0 atom stereocenters. The van der Waals surface area contributed by atoms with Gasteiger partial charge in [-0.15, -0.1) is 24.0 Å². The topological polar surface area (TPSA) is 59.6 Å². The molecule has 1 aliphatic rings. The van der Waals surface area contributed by atoms with E-state index >= 15 is 0 Å². The van der Waals surface area contributed by atoms with E-state index in [-0.39, 0.29) is 24.0 Å². The van der Waals surface area contributed by atoms with Gasteiger partial charge in [0.25, 0.3) is 0 Å². The molecule has 0 heterocycles. The van der Waals surface area contributed by atoms with Crippen LogP contribution in [-0.4, -0.2) is 25.7 Å². The van der Waals surface area contributed by atoms with Gasteiger partial charge in [0.2, 0.25) is 0 Å². The molecule has 0 radical (unpaired) electrons. The summed E-state index contributed by atoms with van der Waals surface area (Å²) in [7, 11) is 0. The first-order chi connectivity index (χ1) is 9.66. The number of hydrogen-bond acceptors (Lipinski definition) is 2. The first-order valence-corrected chi connectivity index (χ1v) is 7.39. The van der Waals surface area contributed by atoms with Crippen molar-refractivity contribution in [2.24, 2.45) is 16.6 Å². The second kappa shape index (κ2) is 9.12. The van der Waals surface area contributed by atoms with Crippen LogP contribution in [0.25, 0.3) is 0 Å². The van der Waals surface area contributed by atoms with Crippen LogP contribution in [0.5, 0.6) is 5.75 Å². The summed E-state index contributed by atoms with van der Waals surface area (Å²) < 4.78 is 5.80. The maximum atomic E-state index is 5.82. The molecule has 0 aromatic heterocycles. The van der Waals surface area contributed by atoms with Crippen LogP contribution in [0.2, 0.25) is 0 Å². The molecule has 1 fully saturated rings. The van der Waals surface area contributed by atoms with Crippen LogP contribution < -0.4 is 15.8 Å². The van der Waals surface area contributed by atoms with E-state index in [0.717, 1.165) is 29.3 Å². The first-order valence-electron chi connectivity index (χ1n) is 7.39. The van der Waals surface area contributed by atoms with Gasteiger partial charge in [-0.1, -0.05) is 24.6 Å². The van der Waals surface area contributed by atoms with Gasteiger partial charge in [0.15, 0.2) is 5.96 Å². The van der Waals surface area contributed by atoms with Gasteiger partial charge in [-0.2, -0.15) is 0 Å². The molecule has 0 spiro atoms. The second-order valence-electron chi connectivity index (χ2n) is 5.52. The molecule has 1 aliphatic carbocycles. The third-order valence-electron chi connectivity index (χ3n) is 3.81. The molecule has 1 saturated carbocycles. The van der Waals surface area contributed by atoms with Crippen molar-refractivity contribution >= 4 is 29.9 Å². The van der Waals surface area contributed by atoms with E-state index in [2.05, 4.69) is 36.3 Å². The summed E-state index contributed by atoms with van der Waals surface area (Å²) in [5.74, 6) is 2.25. The molecule has 1 aromatic rings. The number of halogens is 1. The Bertz CT molecular complexity index is 452. The number of benzene rings is 1. The Hall–Kier alpha value is -0.980. The highest BCUT2D eigenvalue weighted by molar-refractivity contribution is 14.0. The summed E-state index contributed by atoms with van der Waals surface area (Å²) in [5.41, 5.74) is 8.15. The Morgan fingerprint density at radius 1 is 1.33 bits per heavy atom. The monoisotopic (exact) mass is 403 g/mol. The zero-order chi connectivity index (χ0) is 14.4. The van der Waals surface area contributed by atoms with E-state index in [1.54, 1.807) is 0 Å². The Labute approximate surface area is 144 Å².